The predicted molar refractivity (Wildman–Crippen MR) is 94.0 cm³/mol. The fraction of sp³-hybridized carbons (Fsp3) is 0.333. The van der Waals surface area contributed by atoms with Gasteiger partial charge in [0.2, 0.25) is 0 Å². The molecule has 134 valence electrons. The largest absolute Gasteiger partial charge is 0.755 e. The minimum atomic E-state index is -2.55. The highest BCUT2D eigenvalue weighted by atomic mass is 32.2. The highest BCUT2D eigenvalue weighted by Gasteiger charge is 2.19. The lowest BCUT2D eigenvalue weighted by Crippen LogP contribution is -2.36. The quantitative estimate of drug-likeness (QED) is 0.574. The van der Waals surface area contributed by atoms with E-state index in [2.05, 4.69) is 14.6 Å². The second-order valence-corrected chi connectivity index (χ2v) is 6.77. The Bertz CT molecular complexity index is 759. The number of nitrogens with zero attached hydrogens (tertiary/aromatic N) is 3. The molecule has 3 rings (SSSR count). The van der Waals surface area contributed by atoms with E-state index in [1.807, 2.05) is 0 Å². The number of anilines is 3. The average Bonchev–Trinajstić information content (AvgIpc) is 3.12. The summed E-state index contributed by atoms with van der Waals surface area (Å²) < 4.78 is 34.5. The molecule has 0 amide bonds. The number of aromatic nitrogens is 1. The number of morpholine rings is 1. The first kappa shape index (κ1) is 17.8. The summed E-state index contributed by atoms with van der Waals surface area (Å²) >= 11 is -1.17. The normalized spacial score (nSPS) is 15.7. The van der Waals surface area contributed by atoms with Crippen LogP contribution in [0.1, 0.15) is 10.4 Å². The maximum Gasteiger partial charge on any atom is 0.337 e. The van der Waals surface area contributed by atoms with Gasteiger partial charge < -0.3 is 18.9 Å². The van der Waals surface area contributed by atoms with Crippen LogP contribution in [0, 0.1) is 0 Å². The van der Waals surface area contributed by atoms with E-state index in [0.29, 0.717) is 30.3 Å². The number of hydrogen-bond donors (Lipinski definition) is 0. The van der Waals surface area contributed by atoms with Crippen LogP contribution in [0.2, 0.25) is 0 Å². The van der Waals surface area contributed by atoms with Crippen LogP contribution in [-0.2, 0) is 20.7 Å². The molecule has 1 atom stereocenters. The van der Waals surface area contributed by atoms with Gasteiger partial charge in [0.25, 0.3) is 0 Å². The van der Waals surface area contributed by atoms with Gasteiger partial charge in [0.15, 0.2) is 10.9 Å². The summed E-state index contributed by atoms with van der Waals surface area (Å²) in [5.41, 5.74) is 0.731. The molecule has 0 saturated carbocycles. The van der Waals surface area contributed by atoms with E-state index < -0.39 is 17.2 Å². The van der Waals surface area contributed by atoms with Crippen molar-refractivity contribution >= 4 is 45.2 Å². The summed E-state index contributed by atoms with van der Waals surface area (Å²) in [4.78, 5) is 18.0. The second kappa shape index (κ2) is 7.91. The zero-order valence-corrected chi connectivity index (χ0v) is 15.0. The third-order valence-corrected chi connectivity index (χ3v) is 5.23. The lowest BCUT2D eigenvalue weighted by Gasteiger charge is -2.27. The highest BCUT2D eigenvalue weighted by molar-refractivity contribution is 7.81. The Hall–Kier alpha value is -2.01. The van der Waals surface area contributed by atoms with Crippen LogP contribution in [0.4, 0.5) is 16.6 Å². The van der Waals surface area contributed by atoms with Gasteiger partial charge in [0.1, 0.15) is 0 Å². The molecule has 2 heterocycles. The summed E-state index contributed by atoms with van der Waals surface area (Å²) in [7, 11) is 1.29. The van der Waals surface area contributed by atoms with Crippen molar-refractivity contribution in [2.45, 2.75) is 0 Å². The topological polar surface area (TPSA) is 95.0 Å². The van der Waals surface area contributed by atoms with Crippen molar-refractivity contribution in [1.82, 2.24) is 4.98 Å². The molecule has 10 heteroatoms. The van der Waals surface area contributed by atoms with E-state index in [-0.39, 0.29) is 0 Å². The molecule has 0 spiro atoms. The number of ether oxygens (including phenoxy) is 2. The van der Waals surface area contributed by atoms with Gasteiger partial charge in [-0.05, 0) is 24.3 Å². The van der Waals surface area contributed by atoms with Crippen molar-refractivity contribution in [2.24, 2.45) is 0 Å². The second-order valence-electron chi connectivity index (χ2n) is 5.14. The zero-order valence-electron chi connectivity index (χ0n) is 13.4. The number of methoxy groups -OCH3 is 1. The van der Waals surface area contributed by atoms with E-state index >= 15 is 0 Å². The van der Waals surface area contributed by atoms with Crippen LogP contribution in [0.5, 0.6) is 0 Å². The first-order valence-corrected chi connectivity index (χ1v) is 9.37. The van der Waals surface area contributed by atoms with E-state index in [4.69, 9.17) is 4.74 Å². The Morgan fingerprint density at radius 2 is 2.04 bits per heavy atom. The van der Waals surface area contributed by atoms with Crippen molar-refractivity contribution in [3.63, 3.8) is 0 Å². The Labute approximate surface area is 151 Å². The van der Waals surface area contributed by atoms with Gasteiger partial charge in [-0.1, -0.05) is 0 Å². The molecular formula is C15H16N3O5S2-. The summed E-state index contributed by atoms with van der Waals surface area (Å²) in [5, 5.41) is 2.44. The van der Waals surface area contributed by atoms with Gasteiger partial charge in [0.05, 0.1) is 42.8 Å². The maximum atomic E-state index is 11.7. The summed E-state index contributed by atoms with van der Waals surface area (Å²) in [6.07, 6.45) is 0. The molecule has 0 bridgehead atoms. The molecule has 8 nitrogen and oxygen atoms in total. The highest BCUT2D eigenvalue weighted by Crippen LogP contribution is 2.32. The molecule has 0 radical (unpaired) electrons. The fourth-order valence-corrected chi connectivity index (χ4v) is 3.85. The van der Waals surface area contributed by atoms with Gasteiger partial charge in [-0.2, -0.15) is 0 Å². The molecule has 2 aromatic rings. The first-order chi connectivity index (χ1) is 12.1. The number of carbonyl (C=O) groups excluding carboxylic acids is 1. The van der Waals surface area contributed by atoms with Crippen LogP contribution in [-0.4, -0.2) is 53.1 Å². The van der Waals surface area contributed by atoms with Crippen molar-refractivity contribution in [2.75, 3.05) is 42.6 Å². The molecular weight excluding hydrogens is 366 g/mol. The Kier molecular flexibility index (Phi) is 5.63. The van der Waals surface area contributed by atoms with Crippen LogP contribution >= 0.6 is 11.3 Å². The van der Waals surface area contributed by atoms with Crippen molar-refractivity contribution in [3.05, 3.63) is 35.2 Å². The lowest BCUT2D eigenvalue weighted by atomic mass is 10.2. The molecule has 25 heavy (non-hydrogen) atoms. The van der Waals surface area contributed by atoms with Crippen molar-refractivity contribution in [1.29, 1.82) is 0 Å². The molecule has 1 unspecified atom stereocenters. The van der Waals surface area contributed by atoms with Crippen molar-refractivity contribution < 1.29 is 23.0 Å². The molecule has 1 saturated heterocycles. The molecule has 1 aliphatic heterocycles. The average molecular weight is 382 g/mol. The van der Waals surface area contributed by atoms with E-state index in [0.717, 1.165) is 22.5 Å². The first-order valence-electron chi connectivity index (χ1n) is 7.46. The smallest absolute Gasteiger partial charge is 0.337 e. The third kappa shape index (κ3) is 3.98. The summed E-state index contributed by atoms with van der Waals surface area (Å²) in [5.74, 6) is -0.171. The van der Waals surface area contributed by atoms with Gasteiger partial charge in [-0.25, -0.2) is 9.78 Å². The molecule has 1 aliphatic rings. The molecule has 1 aromatic carbocycles. The van der Waals surface area contributed by atoms with Crippen LogP contribution < -0.4 is 9.21 Å². The van der Waals surface area contributed by atoms with Gasteiger partial charge in [-0.15, -0.1) is 11.3 Å². The molecule has 0 N–H and O–H groups in total. The minimum Gasteiger partial charge on any atom is -0.755 e. The van der Waals surface area contributed by atoms with E-state index in [1.165, 1.54) is 42.7 Å². The number of carbonyl (C=O) groups is 1. The Morgan fingerprint density at radius 1 is 1.36 bits per heavy atom. The molecule has 0 aliphatic carbocycles. The number of rotatable bonds is 5. The van der Waals surface area contributed by atoms with Gasteiger partial charge >= 0.3 is 5.97 Å². The van der Waals surface area contributed by atoms with Gasteiger partial charge in [0, 0.05) is 18.5 Å². The number of thiazole rings is 1. The SMILES string of the molecule is COC(=O)c1ccc(N(c2csc(N3CCOCC3)n2)S(=O)[O-])cc1. The predicted octanol–water partition coefficient (Wildman–Crippen LogP) is 1.70. The molecule has 1 aromatic heterocycles. The zero-order chi connectivity index (χ0) is 17.8. The number of hydrogen-bond acceptors (Lipinski definition) is 8. The summed E-state index contributed by atoms with van der Waals surface area (Å²) in [6.45, 7) is 2.70. The van der Waals surface area contributed by atoms with Crippen LogP contribution in [0.15, 0.2) is 29.6 Å². The number of benzene rings is 1. The monoisotopic (exact) mass is 382 g/mol. The number of esters is 1. The lowest BCUT2D eigenvalue weighted by molar-refractivity contribution is 0.0600. The van der Waals surface area contributed by atoms with E-state index in [9.17, 15) is 13.6 Å². The Morgan fingerprint density at radius 3 is 2.64 bits per heavy atom. The summed E-state index contributed by atoms with van der Waals surface area (Å²) in [6, 6.07) is 6.10. The minimum absolute atomic E-state index is 0.311. The third-order valence-electron chi connectivity index (χ3n) is 3.64. The van der Waals surface area contributed by atoms with Gasteiger partial charge in [-0.3, -0.25) is 8.51 Å². The standard InChI is InChI=1S/C15H17N3O5S2/c1-22-14(19)11-2-4-12(5-3-11)18(25(20)21)13-10-24-15(16-13)17-6-8-23-9-7-17/h2-5,10H,6-9H2,1H3,(H,20,21)/p-1. The van der Waals surface area contributed by atoms with Crippen LogP contribution in [0.25, 0.3) is 0 Å². The van der Waals surface area contributed by atoms with Crippen molar-refractivity contribution in [3.8, 4) is 0 Å². The Balaban J connectivity index is 1.85. The fourth-order valence-electron chi connectivity index (χ4n) is 2.39. The maximum absolute atomic E-state index is 11.7. The van der Waals surface area contributed by atoms with E-state index in [1.54, 1.807) is 5.38 Å². The molecule has 1 fully saturated rings. The van der Waals surface area contributed by atoms with Crippen LogP contribution in [0.3, 0.4) is 0 Å².